The molecule has 7 nitrogen and oxygen atoms in total. The van der Waals surface area contributed by atoms with Gasteiger partial charge in [0.25, 0.3) is 0 Å². The summed E-state index contributed by atoms with van der Waals surface area (Å²) in [5, 5.41) is 18.9. The van der Waals surface area contributed by atoms with E-state index in [-0.39, 0.29) is 0 Å². The number of hydrogen-bond donors (Lipinski definition) is 3. The number of anilines is 3. The van der Waals surface area contributed by atoms with Gasteiger partial charge in [0.2, 0.25) is 5.95 Å². The standard InChI is InChI=1S/C20H27N7/c1-15-5-3-4-6-18(15)23-13-16-14-24-20(26-19(16)22-2)25-17-7-10-27(11-8-17)12-9-21/h3-6,14,17,23H,7-8,10-13H2,1-2H3,(H2,22,24,25,26). The van der Waals surface area contributed by atoms with Crippen LogP contribution in [0.1, 0.15) is 24.0 Å². The van der Waals surface area contributed by atoms with E-state index in [0.717, 1.165) is 43.0 Å². The molecule has 0 atom stereocenters. The Morgan fingerprint density at radius 1 is 1.26 bits per heavy atom. The summed E-state index contributed by atoms with van der Waals surface area (Å²) in [5.74, 6) is 1.48. The molecule has 2 aromatic rings. The molecule has 1 aliphatic rings. The van der Waals surface area contributed by atoms with Gasteiger partial charge in [0.05, 0.1) is 12.6 Å². The zero-order valence-corrected chi connectivity index (χ0v) is 16.0. The van der Waals surface area contributed by atoms with Crippen molar-refractivity contribution in [2.75, 3.05) is 42.6 Å². The van der Waals surface area contributed by atoms with Crippen LogP contribution >= 0.6 is 0 Å². The van der Waals surface area contributed by atoms with Crippen LogP contribution in [0, 0.1) is 18.3 Å². The second-order valence-electron chi connectivity index (χ2n) is 6.84. The van der Waals surface area contributed by atoms with Crippen molar-refractivity contribution < 1.29 is 0 Å². The fourth-order valence-corrected chi connectivity index (χ4v) is 3.30. The van der Waals surface area contributed by atoms with E-state index in [1.54, 1.807) is 0 Å². The van der Waals surface area contributed by atoms with Crippen LogP contribution in [0.4, 0.5) is 17.5 Å². The van der Waals surface area contributed by atoms with E-state index in [4.69, 9.17) is 5.26 Å². The smallest absolute Gasteiger partial charge is 0.224 e. The third kappa shape index (κ3) is 5.08. The number of nitriles is 1. The molecule has 1 aromatic carbocycles. The molecule has 0 aliphatic carbocycles. The van der Waals surface area contributed by atoms with E-state index in [0.29, 0.717) is 25.1 Å². The van der Waals surface area contributed by atoms with Crippen LogP contribution in [0.2, 0.25) is 0 Å². The van der Waals surface area contributed by atoms with Gasteiger partial charge in [-0.15, -0.1) is 0 Å². The van der Waals surface area contributed by atoms with E-state index in [9.17, 15) is 0 Å². The Morgan fingerprint density at radius 2 is 2.04 bits per heavy atom. The van der Waals surface area contributed by atoms with Crippen molar-refractivity contribution >= 4 is 17.5 Å². The number of piperidine rings is 1. The van der Waals surface area contributed by atoms with Crippen LogP contribution in [-0.2, 0) is 6.54 Å². The molecule has 27 heavy (non-hydrogen) atoms. The Hall–Kier alpha value is -2.85. The molecule has 7 heteroatoms. The second kappa shape index (κ2) is 9.19. The lowest BCUT2D eigenvalue weighted by Gasteiger charge is -2.30. The van der Waals surface area contributed by atoms with E-state index in [1.807, 2.05) is 25.4 Å². The van der Waals surface area contributed by atoms with Crippen LogP contribution in [-0.4, -0.2) is 47.6 Å². The second-order valence-corrected chi connectivity index (χ2v) is 6.84. The number of rotatable bonds is 7. The Kier molecular flexibility index (Phi) is 6.44. The highest BCUT2D eigenvalue weighted by molar-refractivity contribution is 5.53. The van der Waals surface area contributed by atoms with Crippen molar-refractivity contribution in [2.24, 2.45) is 0 Å². The molecule has 1 aliphatic heterocycles. The van der Waals surface area contributed by atoms with Gasteiger partial charge in [-0.3, -0.25) is 4.90 Å². The molecule has 0 amide bonds. The van der Waals surface area contributed by atoms with Crippen LogP contribution in [0.3, 0.4) is 0 Å². The minimum atomic E-state index is 0.348. The van der Waals surface area contributed by atoms with Crippen molar-refractivity contribution in [1.29, 1.82) is 5.26 Å². The summed E-state index contributed by atoms with van der Waals surface area (Å²) in [6.07, 6.45) is 3.87. The Morgan fingerprint density at radius 3 is 2.74 bits per heavy atom. The SMILES string of the molecule is CNc1nc(NC2CCN(CC#N)CC2)ncc1CNc1ccccc1C. The molecule has 1 fully saturated rings. The summed E-state index contributed by atoms with van der Waals surface area (Å²) in [6, 6.07) is 10.8. The largest absolute Gasteiger partial charge is 0.381 e. The predicted octanol–water partition coefficient (Wildman–Crippen LogP) is 2.84. The third-order valence-corrected chi connectivity index (χ3v) is 4.93. The Labute approximate surface area is 160 Å². The van der Waals surface area contributed by atoms with E-state index in [2.05, 4.69) is 55.9 Å². The van der Waals surface area contributed by atoms with Crippen LogP contribution in [0.15, 0.2) is 30.5 Å². The molecular formula is C20H27N7. The fourth-order valence-electron chi connectivity index (χ4n) is 3.30. The zero-order chi connectivity index (χ0) is 19.1. The highest BCUT2D eigenvalue weighted by atomic mass is 15.2. The molecule has 0 bridgehead atoms. The van der Waals surface area contributed by atoms with Crippen LogP contribution in [0.25, 0.3) is 0 Å². The highest BCUT2D eigenvalue weighted by Gasteiger charge is 2.19. The van der Waals surface area contributed by atoms with Gasteiger partial charge in [-0.2, -0.15) is 10.2 Å². The predicted molar refractivity (Wildman–Crippen MR) is 109 cm³/mol. The molecule has 142 valence electrons. The topological polar surface area (TPSA) is 88.9 Å². The Balaban J connectivity index is 1.59. The first-order valence-electron chi connectivity index (χ1n) is 9.38. The lowest BCUT2D eigenvalue weighted by molar-refractivity contribution is 0.242. The number of likely N-dealkylation sites (tertiary alicyclic amines) is 1. The Bertz CT molecular complexity index is 791. The third-order valence-electron chi connectivity index (χ3n) is 4.93. The molecule has 3 N–H and O–H groups in total. The van der Waals surface area contributed by atoms with Gasteiger partial charge in [0.1, 0.15) is 5.82 Å². The fraction of sp³-hybridized carbons (Fsp3) is 0.450. The van der Waals surface area contributed by atoms with Gasteiger partial charge in [0, 0.05) is 50.2 Å². The highest BCUT2D eigenvalue weighted by Crippen LogP contribution is 2.20. The molecule has 0 radical (unpaired) electrons. The maximum atomic E-state index is 8.80. The van der Waals surface area contributed by atoms with Crippen molar-refractivity contribution in [3.05, 3.63) is 41.6 Å². The average molecular weight is 365 g/mol. The van der Waals surface area contributed by atoms with E-state index in [1.165, 1.54) is 5.56 Å². The summed E-state index contributed by atoms with van der Waals surface area (Å²) < 4.78 is 0. The summed E-state index contributed by atoms with van der Waals surface area (Å²) in [6.45, 7) is 5.13. The monoisotopic (exact) mass is 365 g/mol. The molecule has 0 saturated carbocycles. The normalized spacial score (nSPS) is 15.1. The summed E-state index contributed by atoms with van der Waals surface area (Å²) >= 11 is 0. The first-order chi connectivity index (χ1) is 13.2. The number of nitrogens with one attached hydrogen (secondary N) is 3. The number of nitrogens with zero attached hydrogens (tertiary/aromatic N) is 4. The lowest BCUT2D eigenvalue weighted by atomic mass is 10.1. The summed E-state index contributed by atoms with van der Waals surface area (Å²) in [4.78, 5) is 11.3. The first-order valence-corrected chi connectivity index (χ1v) is 9.38. The van der Waals surface area contributed by atoms with Crippen molar-refractivity contribution in [1.82, 2.24) is 14.9 Å². The lowest BCUT2D eigenvalue weighted by Crippen LogP contribution is -2.39. The minimum absolute atomic E-state index is 0.348. The minimum Gasteiger partial charge on any atom is -0.381 e. The number of benzene rings is 1. The number of hydrogen-bond acceptors (Lipinski definition) is 7. The van der Waals surface area contributed by atoms with Gasteiger partial charge in [0.15, 0.2) is 0 Å². The molecule has 0 unspecified atom stereocenters. The summed E-state index contributed by atoms with van der Waals surface area (Å²) in [7, 11) is 1.88. The summed E-state index contributed by atoms with van der Waals surface area (Å²) in [5.41, 5.74) is 3.35. The van der Waals surface area contributed by atoms with Gasteiger partial charge >= 0.3 is 0 Å². The van der Waals surface area contributed by atoms with E-state index >= 15 is 0 Å². The van der Waals surface area contributed by atoms with Crippen LogP contribution < -0.4 is 16.0 Å². The maximum Gasteiger partial charge on any atom is 0.224 e. The molecule has 3 rings (SSSR count). The van der Waals surface area contributed by atoms with Gasteiger partial charge in [-0.05, 0) is 31.4 Å². The van der Waals surface area contributed by atoms with Crippen molar-refractivity contribution in [3.63, 3.8) is 0 Å². The molecule has 0 spiro atoms. The van der Waals surface area contributed by atoms with Crippen molar-refractivity contribution in [2.45, 2.75) is 32.4 Å². The molecule has 2 heterocycles. The van der Waals surface area contributed by atoms with Gasteiger partial charge in [-0.25, -0.2) is 4.98 Å². The number of aromatic nitrogens is 2. The van der Waals surface area contributed by atoms with Crippen LogP contribution in [0.5, 0.6) is 0 Å². The zero-order valence-electron chi connectivity index (χ0n) is 16.0. The van der Waals surface area contributed by atoms with Crippen molar-refractivity contribution in [3.8, 4) is 6.07 Å². The number of para-hydroxylation sites is 1. The number of aryl methyl sites for hydroxylation is 1. The molecule has 1 aromatic heterocycles. The first kappa shape index (κ1) is 18.9. The quantitative estimate of drug-likeness (QED) is 0.650. The maximum absolute atomic E-state index is 8.80. The van der Waals surface area contributed by atoms with Gasteiger partial charge in [-0.1, -0.05) is 18.2 Å². The average Bonchev–Trinajstić information content (AvgIpc) is 2.69. The molecule has 1 saturated heterocycles. The van der Waals surface area contributed by atoms with Gasteiger partial charge < -0.3 is 16.0 Å². The van der Waals surface area contributed by atoms with E-state index < -0.39 is 0 Å². The molecular weight excluding hydrogens is 338 g/mol.